The number of hydrogen-bond acceptors (Lipinski definition) is 4. The first-order valence-corrected chi connectivity index (χ1v) is 10.6. The molecule has 1 aliphatic rings. The fourth-order valence-electron chi connectivity index (χ4n) is 3.41. The van der Waals surface area contributed by atoms with Gasteiger partial charge in [0.1, 0.15) is 5.01 Å². The van der Waals surface area contributed by atoms with E-state index >= 15 is 0 Å². The summed E-state index contributed by atoms with van der Waals surface area (Å²) in [7, 11) is 0. The van der Waals surface area contributed by atoms with Gasteiger partial charge in [0, 0.05) is 42.7 Å². The minimum atomic E-state index is 0.0277. The van der Waals surface area contributed by atoms with E-state index in [4.69, 9.17) is 0 Å². The van der Waals surface area contributed by atoms with Gasteiger partial charge in [-0.1, -0.05) is 48.0 Å². The summed E-state index contributed by atoms with van der Waals surface area (Å²) >= 11 is 1.56. The number of piperazine rings is 1. The van der Waals surface area contributed by atoms with Crippen LogP contribution in [0.5, 0.6) is 0 Å². The van der Waals surface area contributed by atoms with Crippen molar-refractivity contribution in [3.63, 3.8) is 0 Å². The van der Waals surface area contributed by atoms with Gasteiger partial charge in [-0.3, -0.25) is 9.59 Å². The fraction of sp³-hybridized carbons (Fsp3) is 0.261. The number of aromatic nitrogens is 1. The molecule has 29 heavy (non-hydrogen) atoms. The van der Waals surface area contributed by atoms with Gasteiger partial charge >= 0.3 is 0 Å². The molecule has 1 saturated heterocycles. The summed E-state index contributed by atoms with van der Waals surface area (Å²) in [6.07, 6.45) is 0.301. The van der Waals surface area contributed by atoms with Crippen LogP contribution in [0.4, 0.5) is 0 Å². The Morgan fingerprint density at radius 1 is 0.931 bits per heavy atom. The summed E-state index contributed by atoms with van der Waals surface area (Å²) in [5.41, 5.74) is 3.79. The Labute approximate surface area is 174 Å². The molecular formula is C23H23N3O2S. The zero-order valence-corrected chi connectivity index (χ0v) is 17.2. The maximum Gasteiger partial charge on any atom is 0.253 e. The van der Waals surface area contributed by atoms with Crippen molar-refractivity contribution in [2.75, 3.05) is 26.2 Å². The van der Waals surface area contributed by atoms with Crippen molar-refractivity contribution in [2.24, 2.45) is 0 Å². The van der Waals surface area contributed by atoms with E-state index in [0.717, 1.165) is 16.3 Å². The lowest BCUT2D eigenvalue weighted by Crippen LogP contribution is -2.51. The Morgan fingerprint density at radius 2 is 1.59 bits per heavy atom. The van der Waals surface area contributed by atoms with E-state index in [-0.39, 0.29) is 11.8 Å². The molecule has 0 radical (unpaired) electrons. The number of nitrogens with zero attached hydrogens (tertiary/aromatic N) is 3. The average molecular weight is 406 g/mol. The minimum Gasteiger partial charge on any atom is -0.339 e. The molecule has 2 amide bonds. The molecule has 0 saturated carbocycles. The van der Waals surface area contributed by atoms with Crippen LogP contribution in [0, 0.1) is 6.92 Å². The number of thiazole rings is 1. The third-order valence-electron chi connectivity index (χ3n) is 5.12. The molecule has 148 valence electrons. The zero-order valence-electron chi connectivity index (χ0n) is 16.4. The first kappa shape index (κ1) is 19.3. The smallest absolute Gasteiger partial charge is 0.253 e. The normalized spacial score (nSPS) is 14.1. The minimum absolute atomic E-state index is 0.0277. The van der Waals surface area contributed by atoms with Crippen molar-refractivity contribution >= 4 is 23.2 Å². The molecule has 2 heterocycles. The summed E-state index contributed by atoms with van der Waals surface area (Å²) in [5.74, 6) is 0.0949. The summed E-state index contributed by atoms with van der Waals surface area (Å²) in [6, 6.07) is 17.5. The van der Waals surface area contributed by atoms with E-state index < -0.39 is 0 Å². The van der Waals surface area contributed by atoms with Crippen molar-refractivity contribution in [2.45, 2.75) is 13.3 Å². The van der Waals surface area contributed by atoms with Crippen molar-refractivity contribution in [1.29, 1.82) is 0 Å². The molecule has 3 aromatic rings. The van der Waals surface area contributed by atoms with Crippen LogP contribution >= 0.6 is 11.3 Å². The Morgan fingerprint density at radius 3 is 2.28 bits per heavy atom. The average Bonchev–Trinajstić information content (AvgIpc) is 3.23. The Balaban J connectivity index is 1.32. The molecule has 4 rings (SSSR count). The number of hydrogen-bond donors (Lipinski definition) is 0. The van der Waals surface area contributed by atoms with Crippen LogP contribution in [0.15, 0.2) is 60.0 Å². The van der Waals surface area contributed by atoms with Gasteiger partial charge < -0.3 is 9.80 Å². The van der Waals surface area contributed by atoms with Gasteiger partial charge in [0.05, 0.1) is 12.1 Å². The highest BCUT2D eigenvalue weighted by molar-refractivity contribution is 7.13. The van der Waals surface area contributed by atoms with Crippen LogP contribution in [0.25, 0.3) is 10.6 Å². The number of rotatable bonds is 4. The quantitative estimate of drug-likeness (QED) is 0.666. The molecule has 1 fully saturated rings. The molecule has 0 bridgehead atoms. The standard InChI is InChI=1S/C23H23N3O2S/c1-17-7-9-18(10-8-17)22-24-20(16-29-22)15-21(27)25-11-13-26(14-12-25)23(28)19-5-3-2-4-6-19/h2-10,16H,11-15H2,1H3. The lowest BCUT2D eigenvalue weighted by atomic mass is 10.1. The molecule has 2 aromatic carbocycles. The van der Waals surface area contributed by atoms with Crippen LogP contribution in [0.3, 0.4) is 0 Å². The van der Waals surface area contributed by atoms with Crippen molar-refractivity contribution in [3.05, 3.63) is 76.8 Å². The molecule has 0 spiro atoms. The van der Waals surface area contributed by atoms with E-state index in [1.807, 2.05) is 45.5 Å². The van der Waals surface area contributed by atoms with Gasteiger partial charge in [0.15, 0.2) is 0 Å². The van der Waals surface area contributed by atoms with Crippen LogP contribution < -0.4 is 0 Å². The maximum atomic E-state index is 12.7. The molecular weight excluding hydrogens is 382 g/mol. The van der Waals surface area contributed by atoms with E-state index in [1.165, 1.54) is 5.56 Å². The van der Waals surface area contributed by atoms with E-state index in [1.54, 1.807) is 11.3 Å². The molecule has 5 nitrogen and oxygen atoms in total. The first-order valence-electron chi connectivity index (χ1n) is 9.74. The van der Waals surface area contributed by atoms with Crippen molar-refractivity contribution < 1.29 is 9.59 Å². The van der Waals surface area contributed by atoms with E-state index in [0.29, 0.717) is 38.2 Å². The van der Waals surface area contributed by atoms with Gasteiger partial charge in [-0.15, -0.1) is 11.3 Å². The lowest BCUT2D eigenvalue weighted by molar-refractivity contribution is -0.132. The van der Waals surface area contributed by atoms with Crippen LogP contribution in [0.1, 0.15) is 21.6 Å². The topological polar surface area (TPSA) is 53.5 Å². The predicted octanol–water partition coefficient (Wildman–Crippen LogP) is 3.65. The third kappa shape index (κ3) is 4.54. The Kier molecular flexibility index (Phi) is 5.71. The summed E-state index contributed by atoms with van der Waals surface area (Å²) in [6.45, 7) is 4.30. The van der Waals surface area contributed by atoms with Gasteiger partial charge in [0.2, 0.25) is 5.91 Å². The Hall–Kier alpha value is -2.99. The van der Waals surface area contributed by atoms with E-state index in [2.05, 4.69) is 36.2 Å². The second-order valence-electron chi connectivity index (χ2n) is 7.23. The Bertz CT molecular complexity index is 990. The van der Waals surface area contributed by atoms with Gasteiger partial charge in [-0.25, -0.2) is 4.98 Å². The largest absolute Gasteiger partial charge is 0.339 e. The highest BCUT2D eigenvalue weighted by atomic mass is 32.1. The molecule has 0 aliphatic carbocycles. The number of benzene rings is 2. The van der Waals surface area contributed by atoms with Crippen LogP contribution in [-0.2, 0) is 11.2 Å². The molecule has 0 N–H and O–H groups in total. The monoisotopic (exact) mass is 405 g/mol. The van der Waals surface area contributed by atoms with Crippen LogP contribution in [0.2, 0.25) is 0 Å². The van der Waals surface area contributed by atoms with E-state index in [9.17, 15) is 9.59 Å². The van der Waals surface area contributed by atoms with Gasteiger partial charge in [0.25, 0.3) is 5.91 Å². The van der Waals surface area contributed by atoms with Crippen molar-refractivity contribution in [3.8, 4) is 10.6 Å². The summed E-state index contributed by atoms with van der Waals surface area (Å²) in [5, 5.41) is 2.90. The maximum absolute atomic E-state index is 12.7. The predicted molar refractivity (Wildman–Crippen MR) is 115 cm³/mol. The van der Waals surface area contributed by atoms with Gasteiger partial charge in [-0.2, -0.15) is 0 Å². The highest BCUT2D eigenvalue weighted by Gasteiger charge is 2.25. The fourth-order valence-corrected chi connectivity index (χ4v) is 4.23. The highest BCUT2D eigenvalue weighted by Crippen LogP contribution is 2.24. The molecule has 0 unspecified atom stereocenters. The number of carbonyl (C=O) groups excluding carboxylic acids is 2. The third-order valence-corrected chi connectivity index (χ3v) is 6.06. The number of carbonyl (C=O) groups is 2. The first-order chi connectivity index (χ1) is 14.1. The summed E-state index contributed by atoms with van der Waals surface area (Å²) < 4.78 is 0. The van der Waals surface area contributed by atoms with Gasteiger partial charge in [-0.05, 0) is 19.1 Å². The van der Waals surface area contributed by atoms with Crippen molar-refractivity contribution in [1.82, 2.24) is 14.8 Å². The second kappa shape index (κ2) is 8.57. The number of amides is 2. The van der Waals surface area contributed by atoms with Crippen LogP contribution in [-0.4, -0.2) is 52.8 Å². The number of aryl methyl sites for hydroxylation is 1. The lowest BCUT2D eigenvalue weighted by Gasteiger charge is -2.34. The zero-order chi connectivity index (χ0) is 20.2. The molecule has 0 atom stereocenters. The second-order valence-corrected chi connectivity index (χ2v) is 8.08. The summed E-state index contributed by atoms with van der Waals surface area (Å²) in [4.78, 5) is 33.5. The molecule has 1 aromatic heterocycles. The SMILES string of the molecule is Cc1ccc(-c2nc(CC(=O)N3CCN(C(=O)c4ccccc4)CC3)cs2)cc1. The molecule has 6 heteroatoms. The molecule has 1 aliphatic heterocycles.